The van der Waals surface area contributed by atoms with Crippen molar-refractivity contribution in [3.8, 4) is 5.75 Å². The second-order valence-corrected chi connectivity index (χ2v) is 9.24. The molecule has 212 valence electrons. The topological polar surface area (TPSA) is 175 Å². The van der Waals surface area contributed by atoms with Crippen molar-refractivity contribution < 1.29 is 28.2 Å². The summed E-state index contributed by atoms with van der Waals surface area (Å²) in [5.41, 5.74) is 19.1. The minimum atomic E-state index is -1.17. The molecule has 39 heavy (non-hydrogen) atoms. The van der Waals surface area contributed by atoms with Crippen LogP contribution in [0.4, 0.5) is 4.39 Å². The van der Waals surface area contributed by atoms with E-state index in [9.17, 15) is 18.8 Å². The van der Waals surface area contributed by atoms with E-state index in [1.54, 1.807) is 0 Å². The van der Waals surface area contributed by atoms with E-state index in [-0.39, 0.29) is 51.8 Å². The molecule has 3 amide bonds. The lowest BCUT2D eigenvalue weighted by Gasteiger charge is -2.24. The first-order valence-corrected chi connectivity index (χ1v) is 12.9. The predicted octanol–water partition coefficient (Wildman–Crippen LogP) is -0.111. The summed E-state index contributed by atoms with van der Waals surface area (Å²) < 4.78 is 24.8. The number of ether oxygens (including phenoxy) is 2. The van der Waals surface area contributed by atoms with Gasteiger partial charge in [-0.2, -0.15) is 0 Å². The third-order valence-corrected chi connectivity index (χ3v) is 6.28. The number of benzene rings is 2. The Balaban J connectivity index is 1.67. The molecule has 1 heterocycles. The Morgan fingerprint density at radius 1 is 1.05 bits per heavy atom. The summed E-state index contributed by atoms with van der Waals surface area (Å²) in [6.07, 6.45) is 0.526. The Kier molecular flexibility index (Phi) is 11.6. The van der Waals surface area contributed by atoms with E-state index in [1.165, 1.54) is 17.0 Å². The van der Waals surface area contributed by atoms with Crippen LogP contribution in [0.25, 0.3) is 0 Å². The lowest BCUT2D eigenvalue weighted by molar-refractivity contribution is -0.135. The van der Waals surface area contributed by atoms with Gasteiger partial charge in [0, 0.05) is 43.9 Å². The van der Waals surface area contributed by atoms with E-state index in [0.29, 0.717) is 36.4 Å². The van der Waals surface area contributed by atoms with Crippen molar-refractivity contribution in [2.45, 2.75) is 44.5 Å². The molecule has 8 N–H and O–H groups in total. The van der Waals surface area contributed by atoms with Gasteiger partial charge in [0.05, 0.1) is 19.1 Å². The average Bonchev–Trinajstić information content (AvgIpc) is 2.93. The molecule has 1 aliphatic heterocycles. The predicted molar refractivity (Wildman–Crippen MR) is 143 cm³/mol. The standard InChI is InChI=1S/C27H37FN6O5/c28-21-12-19(25-20(13-21)16-38-17-39-25)15-32-27(37)23(7-6-18-4-2-1-3-5-18)33-26(36)22(31)14-24(35)34(10-8-29)11-9-30/h1-5,12-13,22-23H,6-11,14-17,29-31H2,(H,32,37)(H,33,36)/t22-,23-/m0/s1. The fraction of sp³-hybridized carbons (Fsp3) is 0.444. The highest BCUT2D eigenvalue weighted by molar-refractivity contribution is 5.92. The molecule has 0 aliphatic carbocycles. The summed E-state index contributed by atoms with van der Waals surface area (Å²) >= 11 is 0. The molecule has 0 aromatic heterocycles. The van der Waals surface area contributed by atoms with Gasteiger partial charge in [0.1, 0.15) is 17.6 Å². The number of amides is 3. The summed E-state index contributed by atoms with van der Waals surface area (Å²) in [7, 11) is 0. The summed E-state index contributed by atoms with van der Waals surface area (Å²) in [5, 5.41) is 5.45. The molecule has 0 radical (unpaired) electrons. The lowest BCUT2D eigenvalue weighted by atomic mass is 10.0. The first kappa shape index (κ1) is 30.0. The molecule has 12 heteroatoms. The van der Waals surface area contributed by atoms with Gasteiger partial charge in [-0.05, 0) is 30.5 Å². The molecule has 2 aromatic carbocycles. The Labute approximate surface area is 227 Å². The summed E-state index contributed by atoms with van der Waals surface area (Å²) in [6.45, 7) is 1.31. The van der Waals surface area contributed by atoms with Crippen LogP contribution in [0, 0.1) is 5.82 Å². The number of carbonyl (C=O) groups is 3. The van der Waals surface area contributed by atoms with Crippen molar-refractivity contribution >= 4 is 17.7 Å². The van der Waals surface area contributed by atoms with E-state index in [4.69, 9.17) is 26.7 Å². The van der Waals surface area contributed by atoms with Crippen LogP contribution in [0.5, 0.6) is 5.75 Å². The molecule has 1 aliphatic rings. The molecule has 0 saturated carbocycles. The van der Waals surface area contributed by atoms with Crippen molar-refractivity contribution in [2.75, 3.05) is 33.0 Å². The second-order valence-electron chi connectivity index (χ2n) is 9.24. The number of nitrogens with one attached hydrogen (secondary N) is 2. The van der Waals surface area contributed by atoms with Gasteiger partial charge in [-0.15, -0.1) is 0 Å². The minimum Gasteiger partial charge on any atom is -0.467 e. The van der Waals surface area contributed by atoms with E-state index in [1.807, 2.05) is 30.3 Å². The highest BCUT2D eigenvalue weighted by Crippen LogP contribution is 2.29. The van der Waals surface area contributed by atoms with Crippen molar-refractivity contribution in [1.29, 1.82) is 0 Å². The minimum absolute atomic E-state index is 0.0195. The number of hydrogen-bond donors (Lipinski definition) is 5. The maximum atomic E-state index is 14.1. The van der Waals surface area contributed by atoms with Crippen LogP contribution in [-0.2, 0) is 38.7 Å². The molecule has 2 atom stereocenters. The smallest absolute Gasteiger partial charge is 0.242 e. The highest BCUT2D eigenvalue weighted by atomic mass is 19.1. The number of halogens is 1. The maximum absolute atomic E-state index is 14.1. The fourth-order valence-electron chi connectivity index (χ4n) is 4.28. The molecule has 0 unspecified atom stereocenters. The van der Waals surface area contributed by atoms with Gasteiger partial charge >= 0.3 is 0 Å². The zero-order valence-corrected chi connectivity index (χ0v) is 21.9. The van der Waals surface area contributed by atoms with Gasteiger partial charge in [-0.1, -0.05) is 30.3 Å². The van der Waals surface area contributed by atoms with E-state index < -0.39 is 29.7 Å². The van der Waals surface area contributed by atoms with Crippen LogP contribution in [0.3, 0.4) is 0 Å². The summed E-state index contributed by atoms with van der Waals surface area (Å²) in [6, 6.07) is 9.99. The molecular formula is C27H37FN6O5. The van der Waals surface area contributed by atoms with E-state index in [0.717, 1.165) is 5.56 Å². The monoisotopic (exact) mass is 544 g/mol. The second kappa shape index (κ2) is 15.1. The van der Waals surface area contributed by atoms with Crippen LogP contribution in [0.1, 0.15) is 29.5 Å². The molecular weight excluding hydrogens is 507 g/mol. The quantitative estimate of drug-likeness (QED) is 0.219. The molecule has 0 spiro atoms. The lowest BCUT2D eigenvalue weighted by Crippen LogP contribution is -2.53. The van der Waals surface area contributed by atoms with Crippen molar-refractivity contribution in [1.82, 2.24) is 15.5 Å². The zero-order valence-electron chi connectivity index (χ0n) is 21.9. The number of fused-ring (bicyclic) bond motifs is 1. The number of hydrogen-bond acceptors (Lipinski definition) is 8. The first-order valence-electron chi connectivity index (χ1n) is 12.9. The third kappa shape index (κ3) is 8.99. The van der Waals surface area contributed by atoms with Gasteiger partial charge in [0.15, 0.2) is 6.79 Å². The largest absolute Gasteiger partial charge is 0.467 e. The number of aryl methyl sites for hydroxylation is 1. The Morgan fingerprint density at radius 3 is 2.46 bits per heavy atom. The highest BCUT2D eigenvalue weighted by Gasteiger charge is 2.27. The number of carbonyl (C=O) groups excluding carboxylic acids is 3. The molecule has 0 bridgehead atoms. The van der Waals surface area contributed by atoms with Crippen molar-refractivity contribution in [3.05, 3.63) is 65.0 Å². The Morgan fingerprint density at radius 2 is 1.77 bits per heavy atom. The summed E-state index contributed by atoms with van der Waals surface area (Å²) in [4.78, 5) is 40.2. The molecule has 2 aromatic rings. The number of nitrogens with zero attached hydrogens (tertiary/aromatic N) is 1. The maximum Gasteiger partial charge on any atom is 0.242 e. The number of nitrogens with two attached hydrogens (primary N) is 3. The van der Waals surface area contributed by atoms with Crippen LogP contribution in [-0.4, -0.2) is 67.7 Å². The average molecular weight is 545 g/mol. The van der Waals surface area contributed by atoms with Crippen molar-refractivity contribution in [2.24, 2.45) is 17.2 Å². The summed E-state index contributed by atoms with van der Waals surface area (Å²) in [5.74, 6) is -1.47. The Bertz CT molecular complexity index is 1110. The van der Waals surface area contributed by atoms with Gasteiger partial charge in [0.2, 0.25) is 17.7 Å². The van der Waals surface area contributed by atoms with E-state index >= 15 is 0 Å². The van der Waals surface area contributed by atoms with Crippen LogP contribution in [0.15, 0.2) is 42.5 Å². The van der Waals surface area contributed by atoms with Crippen LogP contribution >= 0.6 is 0 Å². The normalized spacial score (nSPS) is 13.9. The first-order chi connectivity index (χ1) is 18.8. The molecule has 11 nitrogen and oxygen atoms in total. The van der Waals surface area contributed by atoms with Gasteiger partial charge in [-0.3, -0.25) is 14.4 Å². The Hall–Kier alpha value is -3.58. The van der Waals surface area contributed by atoms with Crippen LogP contribution in [0.2, 0.25) is 0 Å². The van der Waals surface area contributed by atoms with Crippen molar-refractivity contribution in [3.63, 3.8) is 0 Å². The SMILES string of the molecule is NCCN(CCN)C(=O)C[C@H](N)C(=O)N[C@@H](CCc1ccccc1)C(=O)NCc1cc(F)cc2c1OCOC2. The molecule has 0 saturated heterocycles. The third-order valence-electron chi connectivity index (χ3n) is 6.28. The van der Waals surface area contributed by atoms with Gasteiger partial charge in [0.25, 0.3) is 0 Å². The zero-order chi connectivity index (χ0) is 28.2. The number of rotatable bonds is 14. The van der Waals surface area contributed by atoms with Gasteiger partial charge < -0.3 is 42.2 Å². The van der Waals surface area contributed by atoms with E-state index in [2.05, 4.69) is 10.6 Å². The fourth-order valence-corrected chi connectivity index (χ4v) is 4.28. The van der Waals surface area contributed by atoms with Gasteiger partial charge in [-0.25, -0.2) is 4.39 Å². The molecule has 3 rings (SSSR count). The van der Waals surface area contributed by atoms with Crippen LogP contribution < -0.4 is 32.6 Å². The molecule has 0 fully saturated rings.